The van der Waals surface area contributed by atoms with Gasteiger partial charge < -0.3 is 5.32 Å². The highest BCUT2D eigenvalue weighted by Gasteiger charge is 2.19. The fourth-order valence-electron chi connectivity index (χ4n) is 1.59. The zero-order chi connectivity index (χ0) is 11.4. The molecule has 0 spiro atoms. The van der Waals surface area contributed by atoms with Gasteiger partial charge in [0.15, 0.2) is 0 Å². The lowest BCUT2D eigenvalue weighted by Gasteiger charge is -2.10. The summed E-state index contributed by atoms with van der Waals surface area (Å²) in [7, 11) is 0. The minimum atomic E-state index is 0.714. The summed E-state index contributed by atoms with van der Waals surface area (Å²) in [5, 5.41) is 4.27. The highest BCUT2D eigenvalue weighted by atomic mass is 32.2. The second kappa shape index (κ2) is 5.74. The van der Waals surface area contributed by atoms with Gasteiger partial charge in [0.1, 0.15) is 0 Å². The fourth-order valence-corrected chi connectivity index (χ4v) is 2.60. The number of nitrogens with one attached hydrogen (secondary N) is 1. The summed E-state index contributed by atoms with van der Waals surface area (Å²) < 4.78 is 0. The van der Waals surface area contributed by atoms with Crippen LogP contribution in [0.25, 0.3) is 0 Å². The Labute approximate surface area is 103 Å². The lowest BCUT2D eigenvalue weighted by Crippen LogP contribution is -2.15. The zero-order valence-electron chi connectivity index (χ0n) is 10.2. The van der Waals surface area contributed by atoms with Gasteiger partial charge in [0, 0.05) is 22.7 Å². The first-order valence-electron chi connectivity index (χ1n) is 6.27. The molecule has 1 unspecified atom stereocenters. The molecule has 0 heterocycles. The van der Waals surface area contributed by atoms with Gasteiger partial charge in [0.05, 0.1) is 0 Å². The number of benzene rings is 1. The van der Waals surface area contributed by atoms with Gasteiger partial charge >= 0.3 is 0 Å². The van der Waals surface area contributed by atoms with Crippen LogP contribution in [0.1, 0.15) is 38.7 Å². The maximum Gasteiger partial charge on any atom is 0.0208 e. The van der Waals surface area contributed by atoms with Crippen molar-refractivity contribution in [3.05, 3.63) is 29.8 Å². The van der Waals surface area contributed by atoms with E-state index in [1.165, 1.54) is 29.7 Å². The highest BCUT2D eigenvalue weighted by molar-refractivity contribution is 7.99. The van der Waals surface area contributed by atoms with Gasteiger partial charge in [-0.15, -0.1) is 11.8 Å². The van der Waals surface area contributed by atoms with E-state index in [0.717, 1.165) is 12.6 Å². The lowest BCUT2D eigenvalue weighted by molar-refractivity contribution is 0.687. The third-order valence-electron chi connectivity index (χ3n) is 2.98. The summed E-state index contributed by atoms with van der Waals surface area (Å²) in [6, 6.07) is 9.74. The van der Waals surface area contributed by atoms with Crippen molar-refractivity contribution >= 4 is 11.8 Å². The largest absolute Gasteiger partial charge is 0.310 e. The van der Waals surface area contributed by atoms with Gasteiger partial charge in [0.2, 0.25) is 0 Å². The van der Waals surface area contributed by atoms with Gasteiger partial charge in [-0.3, -0.25) is 0 Å². The molecule has 1 fully saturated rings. The summed E-state index contributed by atoms with van der Waals surface area (Å²) in [5.41, 5.74) is 1.42. The summed E-state index contributed by atoms with van der Waals surface area (Å²) in [4.78, 5) is 1.41. The molecular formula is C14H21NS. The molecule has 1 aliphatic carbocycles. The van der Waals surface area contributed by atoms with E-state index in [1.807, 2.05) is 11.8 Å². The Hall–Kier alpha value is -0.470. The Morgan fingerprint density at radius 3 is 2.94 bits per heavy atom. The van der Waals surface area contributed by atoms with Crippen molar-refractivity contribution in [3.8, 4) is 0 Å². The molecule has 0 amide bonds. The molecule has 0 aliphatic heterocycles. The van der Waals surface area contributed by atoms with Crippen molar-refractivity contribution < 1.29 is 0 Å². The molecule has 2 rings (SSSR count). The molecule has 1 atom stereocenters. The van der Waals surface area contributed by atoms with Crippen LogP contribution in [0.3, 0.4) is 0 Å². The molecule has 88 valence electrons. The van der Waals surface area contributed by atoms with Crippen LogP contribution in [0, 0.1) is 0 Å². The number of hydrogen-bond acceptors (Lipinski definition) is 2. The second-order valence-corrected chi connectivity index (χ2v) is 6.15. The molecule has 2 heteroatoms. The summed E-state index contributed by atoms with van der Waals surface area (Å²) in [6.45, 7) is 5.57. The maximum absolute atomic E-state index is 3.56. The minimum Gasteiger partial charge on any atom is -0.310 e. The molecule has 0 bridgehead atoms. The van der Waals surface area contributed by atoms with Crippen molar-refractivity contribution in [3.63, 3.8) is 0 Å². The van der Waals surface area contributed by atoms with Crippen LogP contribution in [0.15, 0.2) is 29.2 Å². The topological polar surface area (TPSA) is 12.0 Å². The first-order valence-corrected chi connectivity index (χ1v) is 7.15. The molecule has 1 nitrogen and oxygen atoms in total. The normalized spacial score (nSPS) is 17.4. The summed E-state index contributed by atoms with van der Waals surface area (Å²) in [5.74, 6) is 0. The standard InChI is InChI=1S/C14H21NS/c1-3-11(2)16-14-6-4-5-12(9-14)10-15-13-7-8-13/h4-6,9,11,13,15H,3,7-8,10H2,1-2H3. The predicted molar refractivity (Wildman–Crippen MR) is 71.9 cm³/mol. The number of thioether (sulfide) groups is 1. The average Bonchev–Trinajstić information content (AvgIpc) is 3.10. The molecule has 0 radical (unpaired) electrons. The van der Waals surface area contributed by atoms with Crippen molar-refractivity contribution in [2.24, 2.45) is 0 Å². The number of rotatable bonds is 6. The third kappa shape index (κ3) is 3.84. The smallest absolute Gasteiger partial charge is 0.0208 e. The van der Waals surface area contributed by atoms with E-state index in [4.69, 9.17) is 0 Å². The average molecular weight is 235 g/mol. The Morgan fingerprint density at radius 1 is 1.44 bits per heavy atom. The lowest BCUT2D eigenvalue weighted by atomic mass is 10.2. The molecule has 0 saturated heterocycles. The Kier molecular flexibility index (Phi) is 4.30. The first kappa shape index (κ1) is 12.0. The minimum absolute atomic E-state index is 0.714. The van der Waals surface area contributed by atoms with Gasteiger partial charge in [0.25, 0.3) is 0 Å². The molecule has 0 aromatic heterocycles. The van der Waals surface area contributed by atoms with E-state index in [9.17, 15) is 0 Å². The monoisotopic (exact) mass is 235 g/mol. The molecule has 1 saturated carbocycles. The highest BCUT2D eigenvalue weighted by Crippen LogP contribution is 2.26. The Bertz CT molecular complexity index is 333. The van der Waals surface area contributed by atoms with Gasteiger partial charge in [-0.25, -0.2) is 0 Å². The van der Waals surface area contributed by atoms with Gasteiger partial charge in [-0.2, -0.15) is 0 Å². The van der Waals surface area contributed by atoms with Crippen LogP contribution >= 0.6 is 11.8 Å². The van der Waals surface area contributed by atoms with Crippen molar-refractivity contribution in [2.75, 3.05) is 0 Å². The first-order chi connectivity index (χ1) is 7.78. The van der Waals surface area contributed by atoms with Crippen LogP contribution in [0.4, 0.5) is 0 Å². The van der Waals surface area contributed by atoms with E-state index in [1.54, 1.807) is 0 Å². The number of hydrogen-bond donors (Lipinski definition) is 1. The molecule has 1 N–H and O–H groups in total. The van der Waals surface area contributed by atoms with Crippen molar-refractivity contribution in [1.82, 2.24) is 5.32 Å². The second-order valence-electron chi connectivity index (χ2n) is 4.64. The Morgan fingerprint density at radius 2 is 2.25 bits per heavy atom. The van der Waals surface area contributed by atoms with E-state index >= 15 is 0 Å². The quantitative estimate of drug-likeness (QED) is 0.752. The predicted octanol–water partition coefficient (Wildman–Crippen LogP) is 3.83. The van der Waals surface area contributed by atoms with Crippen molar-refractivity contribution in [1.29, 1.82) is 0 Å². The third-order valence-corrected chi connectivity index (χ3v) is 4.24. The Balaban J connectivity index is 1.89. The molecular weight excluding hydrogens is 214 g/mol. The van der Waals surface area contributed by atoms with E-state index in [2.05, 4.69) is 43.4 Å². The SMILES string of the molecule is CCC(C)Sc1cccc(CNC2CC2)c1. The van der Waals surface area contributed by atoms with E-state index in [-0.39, 0.29) is 0 Å². The summed E-state index contributed by atoms with van der Waals surface area (Å²) >= 11 is 1.98. The molecule has 1 aromatic carbocycles. The molecule has 16 heavy (non-hydrogen) atoms. The van der Waals surface area contributed by atoms with Gasteiger partial charge in [-0.1, -0.05) is 26.0 Å². The van der Waals surface area contributed by atoms with Crippen LogP contribution in [-0.2, 0) is 6.54 Å². The maximum atomic E-state index is 3.56. The van der Waals surface area contributed by atoms with Crippen LogP contribution in [-0.4, -0.2) is 11.3 Å². The van der Waals surface area contributed by atoms with Crippen LogP contribution < -0.4 is 5.32 Å². The fraction of sp³-hybridized carbons (Fsp3) is 0.571. The molecule has 1 aliphatic rings. The zero-order valence-corrected chi connectivity index (χ0v) is 11.0. The van der Waals surface area contributed by atoms with Crippen molar-refractivity contribution in [2.45, 2.75) is 55.8 Å². The molecule has 1 aromatic rings. The van der Waals surface area contributed by atoms with Crippen LogP contribution in [0.5, 0.6) is 0 Å². The van der Waals surface area contributed by atoms with Gasteiger partial charge in [-0.05, 0) is 37.0 Å². The van der Waals surface area contributed by atoms with Crippen LogP contribution in [0.2, 0.25) is 0 Å². The van der Waals surface area contributed by atoms with E-state index < -0.39 is 0 Å². The summed E-state index contributed by atoms with van der Waals surface area (Å²) in [6.07, 6.45) is 3.96. The van der Waals surface area contributed by atoms with E-state index in [0.29, 0.717) is 5.25 Å².